The van der Waals surface area contributed by atoms with Crippen LogP contribution in [0.5, 0.6) is 0 Å². The van der Waals surface area contributed by atoms with E-state index in [0.29, 0.717) is 5.82 Å². The first-order chi connectivity index (χ1) is 10.7. The number of halogens is 1. The number of hydrogen-bond acceptors (Lipinski definition) is 5. The van der Waals surface area contributed by atoms with Gasteiger partial charge in [-0.1, -0.05) is 12.1 Å². The van der Waals surface area contributed by atoms with Crippen LogP contribution < -0.4 is 5.32 Å². The lowest BCUT2D eigenvalue weighted by Gasteiger charge is -2.13. The van der Waals surface area contributed by atoms with E-state index in [0.717, 1.165) is 35.4 Å². The lowest BCUT2D eigenvalue weighted by atomic mass is 10.2. The van der Waals surface area contributed by atoms with Crippen molar-refractivity contribution in [3.63, 3.8) is 0 Å². The molecule has 0 aliphatic rings. The Bertz CT molecular complexity index is 761. The smallest absolute Gasteiger partial charge is 0.163 e. The van der Waals surface area contributed by atoms with E-state index in [1.54, 1.807) is 12.4 Å². The second-order valence-corrected chi connectivity index (χ2v) is 5.38. The SMILES string of the molecule is CN(C)CCNc1nc(-c2cccnc2)nc2ccccc12.Cl. The van der Waals surface area contributed by atoms with Gasteiger partial charge in [-0.3, -0.25) is 4.98 Å². The number of likely N-dealkylation sites (N-methyl/N-ethyl adjacent to an activating group) is 1. The molecule has 0 atom stereocenters. The van der Waals surface area contributed by atoms with Crippen molar-refractivity contribution in [3.05, 3.63) is 48.8 Å². The van der Waals surface area contributed by atoms with Crippen molar-refractivity contribution in [2.24, 2.45) is 0 Å². The van der Waals surface area contributed by atoms with Crippen LogP contribution >= 0.6 is 12.4 Å². The van der Waals surface area contributed by atoms with E-state index in [2.05, 4.69) is 39.3 Å². The van der Waals surface area contributed by atoms with Gasteiger partial charge >= 0.3 is 0 Å². The van der Waals surface area contributed by atoms with Crippen LogP contribution in [-0.4, -0.2) is 47.0 Å². The third kappa shape index (κ3) is 4.15. The van der Waals surface area contributed by atoms with Crippen LogP contribution in [0.15, 0.2) is 48.8 Å². The van der Waals surface area contributed by atoms with E-state index < -0.39 is 0 Å². The fourth-order valence-electron chi connectivity index (χ4n) is 2.23. The predicted octanol–water partition coefficient (Wildman–Crippen LogP) is 3.09. The van der Waals surface area contributed by atoms with Crippen LogP contribution in [0.3, 0.4) is 0 Å². The summed E-state index contributed by atoms with van der Waals surface area (Å²) < 4.78 is 0. The quantitative estimate of drug-likeness (QED) is 0.779. The fourth-order valence-corrected chi connectivity index (χ4v) is 2.23. The summed E-state index contributed by atoms with van der Waals surface area (Å²) in [4.78, 5) is 15.6. The topological polar surface area (TPSA) is 53.9 Å². The largest absolute Gasteiger partial charge is 0.368 e. The molecule has 6 heteroatoms. The normalized spacial score (nSPS) is 10.6. The van der Waals surface area contributed by atoms with Gasteiger partial charge in [-0.15, -0.1) is 12.4 Å². The first-order valence-electron chi connectivity index (χ1n) is 7.30. The second kappa shape index (κ2) is 7.85. The molecule has 2 heterocycles. The van der Waals surface area contributed by atoms with E-state index in [1.165, 1.54) is 0 Å². The molecule has 0 spiro atoms. The molecule has 0 fully saturated rings. The molecular formula is C17H20ClN5. The Hall–Kier alpha value is -2.24. The van der Waals surface area contributed by atoms with Crippen LogP contribution in [0.25, 0.3) is 22.3 Å². The third-order valence-corrected chi connectivity index (χ3v) is 3.37. The molecule has 23 heavy (non-hydrogen) atoms. The molecule has 0 aliphatic carbocycles. The lowest BCUT2D eigenvalue weighted by molar-refractivity contribution is 0.425. The molecule has 1 aromatic carbocycles. The van der Waals surface area contributed by atoms with Gasteiger partial charge in [0.05, 0.1) is 5.52 Å². The summed E-state index contributed by atoms with van der Waals surface area (Å²) in [6, 6.07) is 11.9. The number of pyridine rings is 1. The van der Waals surface area contributed by atoms with Crippen molar-refractivity contribution in [1.82, 2.24) is 19.9 Å². The van der Waals surface area contributed by atoms with Crippen molar-refractivity contribution < 1.29 is 0 Å². The Labute approximate surface area is 142 Å². The average Bonchev–Trinajstić information content (AvgIpc) is 2.55. The van der Waals surface area contributed by atoms with Gasteiger partial charge in [-0.25, -0.2) is 9.97 Å². The van der Waals surface area contributed by atoms with Crippen LogP contribution in [0.1, 0.15) is 0 Å². The van der Waals surface area contributed by atoms with Gasteiger partial charge < -0.3 is 10.2 Å². The Morgan fingerprint density at radius 3 is 2.61 bits per heavy atom. The van der Waals surface area contributed by atoms with Crippen LogP contribution in [0, 0.1) is 0 Å². The number of benzene rings is 1. The first-order valence-corrected chi connectivity index (χ1v) is 7.30. The van der Waals surface area contributed by atoms with Crippen LogP contribution in [0.4, 0.5) is 5.82 Å². The Balaban J connectivity index is 0.00000192. The van der Waals surface area contributed by atoms with Crippen molar-refractivity contribution >= 4 is 29.1 Å². The molecule has 0 saturated heterocycles. The monoisotopic (exact) mass is 329 g/mol. The molecule has 0 amide bonds. The molecule has 5 nitrogen and oxygen atoms in total. The summed E-state index contributed by atoms with van der Waals surface area (Å²) in [6.07, 6.45) is 3.54. The van der Waals surface area contributed by atoms with Crippen molar-refractivity contribution in [2.45, 2.75) is 0 Å². The number of nitrogens with one attached hydrogen (secondary N) is 1. The minimum absolute atomic E-state index is 0. The molecule has 2 aromatic heterocycles. The zero-order chi connectivity index (χ0) is 15.4. The second-order valence-electron chi connectivity index (χ2n) is 5.38. The molecule has 0 saturated carbocycles. The standard InChI is InChI=1S/C17H19N5.ClH/c1-22(2)11-10-19-17-14-7-3-4-8-15(14)20-16(21-17)13-6-5-9-18-12-13;/h3-9,12H,10-11H2,1-2H3,(H,19,20,21);1H. The number of anilines is 1. The highest BCUT2D eigenvalue weighted by atomic mass is 35.5. The molecule has 0 radical (unpaired) electrons. The molecule has 3 aromatic rings. The maximum absolute atomic E-state index is 4.69. The van der Waals surface area contributed by atoms with Gasteiger partial charge in [0, 0.05) is 36.4 Å². The molecule has 1 N–H and O–H groups in total. The number of nitrogens with zero attached hydrogens (tertiary/aromatic N) is 4. The highest BCUT2D eigenvalue weighted by Crippen LogP contribution is 2.24. The number of fused-ring (bicyclic) bond motifs is 1. The van der Waals surface area contributed by atoms with Crippen LogP contribution in [0.2, 0.25) is 0 Å². The highest BCUT2D eigenvalue weighted by molar-refractivity contribution is 5.90. The van der Waals surface area contributed by atoms with Gasteiger partial charge in [0.15, 0.2) is 5.82 Å². The minimum atomic E-state index is 0. The van der Waals surface area contributed by atoms with Gasteiger partial charge in [-0.05, 0) is 38.4 Å². The summed E-state index contributed by atoms with van der Waals surface area (Å²) in [5, 5.41) is 4.45. The Morgan fingerprint density at radius 2 is 1.87 bits per heavy atom. The molecule has 0 aliphatic heterocycles. The van der Waals surface area contributed by atoms with Crippen molar-refractivity contribution in [2.75, 3.05) is 32.5 Å². The van der Waals surface area contributed by atoms with E-state index in [-0.39, 0.29) is 12.4 Å². The van der Waals surface area contributed by atoms with E-state index in [9.17, 15) is 0 Å². The number of rotatable bonds is 5. The molecule has 0 unspecified atom stereocenters. The van der Waals surface area contributed by atoms with E-state index in [4.69, 9.17) is 0 Å². The minimum Gasteiger partial charge on any atom is -0.368 e. The molecular weight excluding hydrogens is 310 g/mol. The van der Waals surface area contributed by atoms with Crippen molar-refractivity contribution in [1.29, 1.82) is 0 Å². The molecule has 3 rings (SSSR count). The van der Waals surface area contributed by atoms with E-state index >= 15 is 0 Å². The number of hydrogen-bond donors (Lipinski definition) is 1. The molecule has 120 valence electrons. The number of aromatic nitrogens is 3. The lowest BCUT2D eigenvalue weighted by Crippen LogP contribution is -2.21. The van der Waals surface area contributed by atoms with Crippen molar-refractivity contribution in [3.8, 4) is 11.4 Å². The zero-order valence-electron chi connectivity index (χ0n) is 13.2. The Kier molecular flexibility index (Phi) is 5.84. The predicted molar refractivity (Wildman–Crippen MR) is 97.1 cm³/mol. The molecule has 0 bridgehead atoms. The summed E-state index contributed by atoms with van der Waals surface area (Å²) in [5.74, 6) is 1.56. The number of para-hydroxylation sites is 1. The zero-order valence-corrected chi connectivity index (χ0v) is 14.0. The maximum atomic E-state index is 4.69. The van der Waals surface area contributed by atoms with Crippen LogP contribution in [-0.2, 0) is 0 Å². The maximum Gasteiger partial charge on any atom is 0.163 e. The van der Waals surface area contributed by atoms with Gasteiger partial charge in [0.2, 0.25) is 0 Å². The first kappa shape index (κ1) is 17.1. The summed E-state index contributed by atoms with van der Waals surface area (Å²) in [5.41, 5.74) is 1.85. The van der Waals surface area contributed by atoms with E-state index in [1.807, 2.05) is 36.4 Å². The summed E-state index contributed by atoms with van der Waals surface area (Å²) in [7, 11) is 4.11. The van der Waals surface area contributed by atoms with Gasteiger partial charge in [0.25, 0.3) is 0 Å². The van der Waals surface area contributed by atoms with Gasteiger partial charge in [0.1, 0.15) is 5.82 Å². The fraction of sp³-hybridized carbons (Fsp3) is 0.235. The van der Waals surface area contributed by atoms with Gasteiger partial charge in [-0.2, -0.15) is 0 Å². The summed E-state index contributed by atoms with van der Waals surface area (Å²) >= 11 is 0. The Morgan fingerprint density at radius 1 is 1.04 bits per heavy atom. The average molecular weight is 330 g/mol. The summed E-state index contributed by atoms with van der Waals surface area (Å²) in [6.45, 7) is 1.78. The third-order valence-electron chi connectivity index (χ3n) is 3.37. The highest BCUT2D eigenvalue weighted by Gasteiger charge is 2.09.